The topological polar surface area (TPSA) is 69.6 Å². The number of nitrogens with zero attached hydrogens (tertiary/aromatic N) is 1. The molecule has 19 heavy (non-hydrogen) atoms. The Balaban J connectivity index is 2.28. The maximum Gasteiger partial charge on any atom is 0.317 e. The minimum Gasteiger partial charge on any atom is -0.481 e. The molecule has 0 saturated carbocycles. The molecule has 5 nitrogen and oxygen atoms in total. The van der Waals surface area contributed by atoms with Crippen LogP contribution in [0.2, 0.25) is 0 Å². The monoisotopic (exact) mass is 270 g/mol. The number of amides is 2. The molecule has 0 aliphatic carbocycles. The summed E-state index contributed by atoms with van der Waals surface area (Å²) in [5, 5.41) is 11.6. The molecule has 2 amide bonds. The lowest BCUT2D eigenvalue weighted by Crippen LogP contribution is -2.55. The molecule has 0 unspecified atom stereocenters. The van der Waals surface area contributed by atoms with Gasteiger partial charge in [-0.3, -0.25) is 4.79 Å². The van der Waals surface area contributed by atoms with E-state index in [0.29, 0.717) is 37.4 Å². The minimum absolute atomic E-state index is 0.0621. The molecule has 0 aromatic carbocycles. The minimum atomic E-state index is -0.787. The van der Waals surface area contributed by atoms with Crippen molar-refractivity contribution in [2.75, 3.05) is 19.6 Å². The van der Waals surface area contributed by atoms with Crippen molar-refractivity contribution in [3.05, 3.63) is 0 Å². The highest BCUT2D eigenvalue weighted by Crippen LogP contribution is 2.21. The molecule has 1 rings (SSSR count). The van der Waals surface area contributed by atoms with E-state index in [1.807, 2.05) is 0 Å². The lowest BCUT2D eigenvalue weighted by molar-refractivity contribution is -0.139. The summed E-state index contributed by atoms with van der Waals surface area (Å²) in [6.07, 6.45) is 0.157. The number of rotatable bonds is 6. The maximum absolute atomic E-state index is 11.9. The number of carboxylic acid groups (broad SMARTS) is 1. The molecule has 0 aromatic rings. The molecule has 0 aromatic heterocycles. The Morgan fingerprint density at radius 3 is 2.16 bits per heavy atom. The SMILES string of the molecule is CC(C)C(CNC(=O)N1CC(CC(=O)O)C1)C(C)C. The number of urea groups is 1. The van der Waals surface area contributed by atoms with Crippen LogP contribution >= 0.6 is 0 Å². The summed E-state index contributed by atoms with van der Waals surface area (Å²) >= 11 is 0. The zero-order valence-corrected chi connectivity index (χ0v) is 12.3. The van der Waals surface area contributed by atoms with Crippen LogP contribution in [0.3, 0.4) is 0 Å². The lowest BCUT2D eigenvalue weighted by atomic mass is 9.85. The molecule has 0 atom stereocenters. The smallest absolute Gasteiger partial charge is 0.317 e. The first-order chi connectivity index (χ1) is 8.81. The quantitative estimate of drug-likeness (QED) is 0.776. The number of aliphatic carboxylic acids is 1. The summed E-state index contributed by atoms with van der Waals surface area (Å²) in [5.74, 6) is 0.881. The second-order valence-corrected chi connectivity index (χ2v) is 6.21. The van der Waals surface area contributed by atoms with Crippen LogP contribution in [0.5, 0.6) is 0 Å². The zero-order valence-electron chi connectivity index (χ0n) is 12.3. The van der Waals surface area contributed by atoms with E-state index in [9.17, 15) is 9.59 Å². The molecule has 0 radical (unpaired) electrons. The molecule has 1 saturated heterocycles. The van der Waals surface area contributed by atoms with Crippen LogP contribution in [-0.4, -0.2) is 41.6 Å². The largest absolute Gasteiger partial charge is 0.481 e. The first-order valence-electron chi connectivity index (χ1n) is 7.05. The Morgan fingerprint density at radius 2 is 1.74 bits per heavy atom. The highest BCUT2D eigenvalue weighted by Gasteiger charge is 2.32. The molecule has 1 fully saturated rings. The van der Waals surface area contributed by atoms with Gasteiger partial charge in [0, 0.05) is 25.6 Å². The summed E-state index contributed by atoms with van der Waals surface area (Å²) in [5.41, 5.74) is 0. The van der Waals surface area contributed by atoms with Gasteiger partial charge in [0.15, 0.2) is 0 Å². The van der Waals surface area contributed by atoms with Crippen LogP contribution in [-0.2, 0) is 4.79 Å². The second-order valence-electron chi connectivity index (χ2n) is 6.21. The number of likely N-dealkylation sites (tertiary alicyclic amines) is 1. The lowest BCUT2D eigenvalue weighted by Gasteiger charge is -2.39. The molecule has 1 heterocycles. The van der Waals surface area contributed by atoms with Gasteiger partial charge in [0.25, 0.3) is 0 Å². The molecule has 110 valence electrons. The predicted molar refractivity (Wildman–Crippen MR) is 73.9 cm³/mol. The van der Waals surface area contributed by atoms with Gasteiger partial charge in [-0.05, 0) is 17.8 Å². The highest BCUT2D eigenvalue weighted by atomic mass is 16.4. The van der Waals surface area contributed by atoms with Crippen molar-refractivity contribution in [3.8, 4) is 0 Å². The molecular weight excluding hydrogens is 244 g/mol. The van der Waals surface area contributed by atoms with Gasteiger partial charge < -0.3 is 15.3 Å². The van der Waals surface area contributed by atoms with E-state index in [1.54, 1.807) is 4.90 Å². The standard InChI is InChI=1S/C14H26N2O3/c1-9(2)12(10(3)4)6-15-14(19)16-7-11(8-16)5-13(17)18/h9-12H,5-8H2,1-4H3,(H,15,19)(H,17,18). The fourth-order valence-electron chi connectivity index (χ4n) is 2.67. The summed E-state index contributed by atoms with van der Waals surface area (Å²) < 4.78 is 0. The van der Waals surface area contributed by atoms with Gasteiger partial charge in [-0.25, -0.2) is 4.79 Å². The van der Waals surface area contributed by atoms with Crippen molar-refractivity contribution >= 4 is 12.0 Å². The average Bonchev–Trinajstić information content (AvgIpc) is 2.21. The summed E-state index contributed by atoms with van der Waals surface area (Å²) in [6, 6.07) is -0.0621. The van der Waals surface area contributed by atoms with Crippen LogP contribution in [0.1, 0.15) is 34.1 Å². The highest BCUT2D eigenvalue weighted by molar-refractivity contribution is 5.75. The van der Waals surface area contributed by atoms with Gasteiger partial charge in [-0.1, -0.05) is 27.7 Å². The van der Waals surface area contributed by atoms with Gasteiger partial charge in [-0.2, -0.15) is 0 Å². The van der Waals surface area contributed by atoms with Crippen LogP contribution in [0.15, 0.2) is 0 Å². The predicted octanol–water partition coefficient (Wildman–Crippen LogP) is 2.03. The van der Waals surface area contributed by atoms with Crippen molar-refractivity contribution in [2.24, 2.45) is 23.7 Å². The van der Waals surface area contributed by atoms with Crippen LogP contribution in [0.25, 0.3) is 0 Å². The van der Waals surface area contributed by atoms with E-state index in [1.165, 1.54) is 0 Å². The Hall–Kier alpha value is -1.26. The average molecular weight is 270 g/mol. The molecular formula is C14H26N2O3. The third-order valence-electron chi connectivity index (χ3n) is 3.91. The Morgan fingerprint density at radius 1 is 1.21 bits per heavy atom. The Bertz CT molecular complexity index is 315. The molecule has 2 N–H and O–H groups in total. The van der Waals surface area contributed by atoms with Crippen LogP contribution in [0.4, 0.5) is 4.79 Å². The number of carboxylic acids is 1. The number of nitrogens with one attached hydrogen (secondary N) is 1. The molecule has 5 heteroatoms. The van der Waals surface area contributed by atoms with Gasteiger partial charge in [0.1, 0.15) is 0 Å². The van der Waals surface area contributed by atoms with Crippen LogP contribution < -0.4 is 5.32 Å². The van der Waals surface area contributed by atoms with Crippen LogP contribution in [0, 0.1) is 23.7 Å². The third-order valence-corrected chi connectivity index (χ3v) is 3.91. The van der Waals surface area contributed by atoms with E-state index in [0.717, 1.165) is 0 Å². The number of carbonyl (C=O) groups is 2. The normalized spacial score (nSPS) is 16.1. The van der Waals surface area contributed by atoms with Gasteiger partial charge in [0.2, 0.25) is 0 Å². The Labute approximate surface area is 115 Å². The molecule has 1 aliphatic rings. The van der Waals surface area contributed by atoms with Crippen molar-refractivity contribution in [3.63, 3.8) is 0 Å². The van der Waals surface area contributed by atoms with Gasteiger partial charge >= 0.3 is 12.0 Å². The van der Waals surface area contributed by atoms with E-state index in [4.69, 9.17) is 5.11 Å². The summed E-state index contributed by atoms with van der Waals surface area (Å²) in [6.45, 7) is 10.5. The third kappa shape index (κ3) is 4.73. The molecule has 0 bridgehead atoms. The van der Waals surface area contributed by atoms with E-state index >= 15 is 0 Å². The van der Waals surface area contributed by atoms with Crippen molar-refractivity contribution in [2.45, 2.75) is 34.1 Å². The molecule has 1 aliphatic heterocycles. The second kappa shape index (κ2) is 6.78. The first-order valence-corrected chi connectivity index (χ1v) is 7.05. The van der Waals surface area contributed by atoms with Crippen molar-refractivity contribution in [1.29, 1.82) is 0 Å². The summed E-state index contributed by atoms with van der Waals surface area (Å²) in [7, 11) is 0. The summed E-state index contributed by atoms with van der Waals surface area (Å²) in [4.78, 5) is 24.1. The van der Waals surface area contributed by atoms with E-state index in [2.05, 4.69) is 33.0 Å². The van der Waals surface area contributed by atoms with E-state index in [-0.39, 0.29) is 18.4 Å². The van der Waals surface area contributed by atoms with E-state index < -0.39 is 5.97 Å². The fraction of sp³-hybridized carbons (Fsp3) is 0.857. The molecule has 0 spiro atoms. The maximum atomic E-state index is 11.9. The van der Waals surface area contributed by atoms with Gasteiger partial charge in [-0.15, -0.1) is 0 Å². The van der Waals surface area contributed by atoms with Crippen molar-refractivity contribution < 1.29 is 14.7 Å². The first kappa shape index (κ1) is 15.8. The zero-order chi connectivity index (χ0) is 14.6. The number of hydrogen-bond donors (Lipinski definition) is 2. The number of hydrogen-bond acceptors (Lipinski definition) is 2. The van der Waals surface area contributed by atoms with Gasteiger partial charge in [0.05, 0.1) is 6.42 Å². The van der Waals surface area contributed by atoms with Crippen molar-refractivity contribution in [1.82, 2.24) is 10.2 Å². The number of carbonyl (C=O) groups excluding carboxylic acids is 1. The Kier molecular flexibility index (Phi) is 5.63. The fourth-order valence-corrected chi connectivity index (χ4v) is 2.67.